The third kappa shape index (κ3) is 8.15. The quantitative estimate of drug-likeness (QED) is 0.128. The number of fused-ring (bicyclic) bond motifs is 2. The van der Waals surface area contributed by atoms with E-state index in [2.05, 4.69) is 48.2 Å². The first kappa shape index (κ1) is 41.6. The minimum atomic E-state index is -2.89. The van der Waals surface area contributed by atoms with E-state index in [1.165, 1.54) is 0 Å². The standard InChI is InChI=1S/C46H52F2N12O4/c1-49-35-23-41(55-60-38(25-51-43(35)60)45(63)53-29-7-8-29)59-17-14-32-31(4-3-5-36(32)59)33-10-6-28(24-50-33)26-56-16-15-40(46(47,48)27-56)58-20-18-57(19-21-58)37-12-9-30(22-39(37)64-2)52-34-11-13-42(61)54-44(34)62/h3-6,9-10,12,22-25,29,34,40,49,52H,7-8,11,13-21,26-27H2,1-2H3,(H,53,63)(H,54,61,62). The summed E-state index contributed by atoms with van der Waals surface area (Å²) in [7, 11) is 3.42. The van der Waals surface area contributed by atoms with Crippen LogP contribution >= 0.6 is 0 Å². The zero-order valence-electron chi connectivity index (χ0n) is 35.9. The van der Waals surface area contributed by atoms with Gasteiger partial charge in [0.15, 0.2) is 17.2 Å². The Kier molecular flexibility index (Phi) is 11.0. The molecule has 3 saturated heterocycles. The summed E-state index contributed by atoms with van der Waals surface area (Å²) >= 11 is 0. The number of aromatic nitrogens is 4. The van der Waals surface area contributed by atoms with Crippen LogP contribution in [0.3, 0.4) is 0 Å². The Labute approximate surface area is 369 Å². The molecule has 1 aliphatic carbocycles. The second-order valence-corrected chi connectivity index (χ2v) is 17.4. The molecule has 3 aromatic heterocycles. The van der Waals surface area contributed by atoms with E-state index in [0.717, 1.165) is 58.7 Å². The van der Waals surface area contributed by atoms with Gasteiger partial charge in [0.1, 0.15) is 11.8 Å². The fourth-order valence-corrected chi connectivity index (χ4v) is 9.68. The number of likely N-dealkylation sites (tertiary alicyclic amines) is 1. The van der Waals surface area contributed by atoms with Crippen LogP contribution in [-0.2, 0) is 22.6 Å². The number of nitrogens with one attached hydrogen (secondary N) is 4. The molecular formula is C46H52F2N12O4. The van der Waals surface area contributed by atoms with Gasteiger partial charge in [-0.05, 0) is 67.5 Å². The van der Waals surface area contributed by atoms with Crippen LogP contribution in [0.25, 0.3) is 16.9 Å². The number of benzene rings is 2. The van der Waals surface area contributed by atoms with Crippen molar-refractivity contribution in [2.24, 2.45) is 0 Å². The number of piperazine rings is 1. The number of imidazole rings is 1. The Balaban J connectivity index is 0.758. The third-order valence-electron chi connectivity index (χ3n) is 13.2. The van der Waals surface area contributed by atoms with Crippen molar-refractivity contribution < 1.29 is 27.9 Å². The monoisotopic (exact) mass is 874 g/mol. The second-order valence-electron chi connectivity index (χ2n) is 17.4. The summed E-state index contributed by atoms with van der Waals surface area (Å²) in [6.45, 7) is 3.46. The molecule has 4 fully saturated rings. The van der Waals surface area contributed by atoms with Gasteiger partial charge in [-0.15, -0.1) is 5.10 Å². The summed E-state index contributed by atoms with van der Waals surface area (Å²) < 4.78 is 39.3. The fraction of sp³-hybridized carbons (Fsp3) is 0.435. The third-order valence-corrected chi connectivity index (χ3v) is 13.2. The number of carbonyl (C=O) groups excluding carboxylic acids is 3. The average molecular weight is 875 g/mol. The number of alkyl halides is 2. The Morgan fingerprint density at radius 1 is 0.922 bits per heavy atom. The first-order valence-electron chi connectivity index (χ1n) is 22.1. The second kappa shape index (κ2) is 17.0. The van der Waals surface area contributed by atoms with Gasteiger partial charge in [0, 0.05) is 101 Å². The van der Waals surface area contributed by atoms with E-state index in [1.807, 2.05) is 59.3 Å². The summed E-state index contributed by atoms with van der Waals surface area (Å²) in [6.07, 6.45) is 7.18. The van der Waals surface area contributed by atoms with E-state index in [1.54, 1.807) is 24.0 Å². The molecule has 0 bridgehead atoms. The number of rotatable bonds is 12. The molecule has 0 spiro atoms. The van der Waals surface area contributed by atoms with Crippen LogP contribution in [0.5, 0.6) is 5.75 Å². The highest BCUT2D eigenvalue weighted by atomic mass is 19.3. The van der Waals surface area contributed by atoms with E-state index in [-0.39, 0.29) is 36.7 Å². The molecule has 18 heteroatoms. The lowest BCUT2D eigenvalue weighted by Crippen LogP contribution is -2.61. The number of methoxy groups -OCH3 is 1. The molecule has 334 valence electrons. The Hall–Kier alpha value is -6.40. The summed E-state index contributed by atoms with van der Waals surface area (Å²) in [5.74, 6) is -2.37. The van der Waals surface area contributed by atoms with E-state index in [4.69, 9.17) is 14.8 Å². The van der Waals surface area contributed by atoms with Gasteiger partial charge in [0.05, 0.1) is 43.0 Å². The molecule has 4 N–H and O–H groups in total. The number of pyridine rings is 1. The van der Waals surface area contributed by atoms with E-state index in [9.17, 15) is 14.4 Å². The maximum atomic E-state index is 16.0. The van der Waals surface area contributed by atoms with Crippen LogP contribution in [0.1, 0.15) is 53.7 Å². The van der Waals surface area contributed by atoms with Crippen LogP contribution in [0, 0.1) is 0 Å². The van der Waals surface area contributed by atoms with Crippen LogP contribution in [0.4, 0.5) is 37.3 Å². The maximum absolute atomic E-state index is 16.0. The highest BCUT2D eigenvalue weighted by Gasteiger charge is 2.48. The van der Waals surface area contributed by atoms with Gasteiger partial charge in [0.25, 0.3) is 11.8 Å². The van der Waals surface area contributed by atoms with Gasteiger partial charge in [-0.3, -0.25) is 34.5 Å². The van der Waals surface area contributed by atoms with Crippen LogP contribution in [-0.4, -0.2) is 131 Å². The molecule has 2 atom stereocenters. The zero-order chi connectivity index (χ0) is 44.1. The molecule has 2 unspecified atom stereocenters. The summed E-state index contributed by atoms with van der Waals surface area (Å²) in [5, 5.41) is 16.7. The molecule has 10 rings (SSSR count). The van der Waals surface area contributed by atoms with Gasteiger partial charge < -0.3 is 30.5 Å². The van der Waals surface area contributed by atoms with Gasteiger partial charge in [-0.1, -0.05) is 18.2 Å². The molecule has 3 amide bonds. The lowest BCUT2D eigenvalue weighted by molar-refractivity contribution is -0.133. The molecule has 7 heterocycles. The topological polar surface area (TPSA) is 165 Å². The summed E-state index contributed by atoms with van der Waals surface area (Å²) in [6, 6.07) is 16.6. The predicted octanol–water partition coefficient (Wildman–Crippen LogP) is 4.68. The number of hydrogen-bond acceptors (Lipinski definition) is 13. The molecular weight excluding hydrogens is 823 g/mol. The van der Waals surface area contributed by atoms with Gasteiger partial charge >= 0.3 is 0 Å². The molecule has 2 aromatic carbocycles. The lowest BCUT2D eigenvalue weighted by atomic mass is 9.97. The number of anilines is 5. The highest BCUT2D eigenvalue weighted by molar-refractivity contribution is 6.01. The van der Waals surface area contributed by atoms with Crippen molar-refractivity contribution in [2.75, 3.05) is 80.4 Å². The smallest absolute Gasteiger partial charge is 0.275 e. The van der Waals surface area contributed by atoms with Crippen LogP contribution < -0.4 is 35.8 Å². The minimum Gasteiger partial charge on any atom is -0.495 e. The van der Waals surface area contributed by atoms with E-state index < -0.39 is 18.0 Å². The van der Waals surface area contributed by atoms with Crippen molar-refractivity contribution in [3.63, 3.8) is 0 Å². The van der Waals surface area contributed by atoms with Crippen molar-refractivity contribution in [1.82, 2.24) is 40.0 Å². The first-order chi connectivity index (χ1) is 31.0. The minimum absolute atomic E-state index is 0.184. The zero-order valence-corrected chi connectivity index (χ0v) is 35.9. The molecule has 4 aliphatic heterocycles. The number of piperidine rings is 2. The number of hydrogen-bond donors (Lipinski definition) is 4. The van der Waals surface area contributed by atoms with Gasteiger partial charge in [-0.25, -0.2) is 18.3 Å². The number of carbonyl (C=O) groups is 3. The maximum Gasteiger partial charge on any atom is 0.275 e. The number of ether oxygens (including phenoxy) is 1. The van der Waals surface area contributed by atoms with Gasteiger partial charge in [0.2, 0.25) is 11.8 Å². The van der Waals surface area contributed by atoms with Gasteiger partial charge in [-0.2, -0.15) is 0 Å². The Bertz CT molecular complexity index is 2590. The molecule has 16 nitrogen and oxygen atoms in total. The normalized spacial score (nSPS) is 21.4. The SMILES string of the molecule is CNc1cc(N2CCc3c(-c4ccc(CN5CCC(N6CCN(c7ccc(NC8CCC(=O)NC8=O)cc7OC)CC6)C(F)(F)C5)cn4)cccc32)nn2c(C(=O)NC3CC3)cnc12. The number of imide groups is 1. The largest absolute Gasteiger partial charge is 0.495 e. The Morgan fingerprint density at radius 3 is 2.50 bits per heavy atom. The van der Waals surface area contributed by atoms with E-state index >= 15 is 8.78 Å². The lowest BCUT2D eigenvalue weighted by Gasteiger charge is -2.46. The van der Waals surface area contributed by atoms with Crippen molar-refractivity contribution in [1.29, 1.82) is 0 Å². The van der Waals surface area contributed by atoms with Crippen molar-refractivity contribution in [3.8, 4) is 17.0 Å². The Morgan fingerprint density at radius 2 is 1.77 bits per heavy atom. The summed E-state index contributed by atoms with van der Waals surface area (Å²) in [4.78, 5) is 54.3. The number of amides is 3. The predicted molar refractivity (Wildman–Crippen MR) is 239 cm³/mol. The molecule has 5 aliphatic rings. The van der Waals surface area contributed by atoms with Crippen molar-refractivity contribution >= 4 is 51.9 Å². The fourth-order valence-electron chi connectivity index (χ4n) is 9.68. The number of halogens is 2. The van der Waals surface area contributed by atoms with Crippen molar-refractivity contribution in [3.05, 3.63) is 83.8 Å². The van der Waals surface area contributed by atoms with Crippen LogP contribution in [0.15, 0.2) is 67.0 Å². The summed E-state index contributed by atoms with van der Waals surface area (Å²) in [5.41, 5.74) is 8.18. The first-order valence-corrected chi connectivity index (χ1v) is 22.1. The molecule has 5 aromatic rings. The van der Waals surface area contributed by atoms with Crippen LogP contribution in [0.2, 0.25) is 0 Å². The average Bonchev–Trinajstić information content (AvgIpc) is 3.83. The molecule has 0 radical (unpaired) electrons. The molecule has 64 heavy (non-hydrogen) atoms. The van der Waals surface area contributed by atoms with E-state index in [0.29, 0.717) is 87.3 Å². The number of nitrogens with zero attached hydrogens (tertiary/aromatic N) is 8. The molecule has 1 saturated carbocycles. The highest BCUT2D eigenvalue weighted by Crippen LogP contribution is 2.41. The van der Waals surface area contributed by atoms with Crippen molar-refractivity contribution in [2.45, 2.75) is 69.1 Å².